The van der Waals surface area contributed by atoms with Gasteiger partial charge in [0.25, 0.3) is 15.9 Å². The number of benzene rings is 4. The first-order chi connectivity index (χ1) is 17.5. The van der Waals surface area contributed by atoms with Crippen molar-refractivity contribution in [1.29, 1.82) is 0 Å². The second kappa shape index (κ2) is 10.1. The molecule has 6 nitrogen and oxygen atoms in total. The average Bonchev–Trinajstić information content (AvgIpc) is 3.27. The maximum Gasteiger partial charge on any atom is 0.261 e. The molecule has 5 rings (SSSR count). The zero-order chi connectivity index (χ0) is 25.0. The van der Waals surface area contributed by atoms with Crippen LogP contribution in [0.4, 0.5) is 5.69 Å². The summed E-state index contributed by atoms with van der Waals surface area (Å²) >= 11 is 0. The SMILES string of the molecule is O=C(NCc1ccccc1NS(=O)(=O)c1ccccc1)c1cn(Cc2ccccc2)c2ccccc12. The van der Waals surface area contributed by atoms with E-state index >= 15 is 0 Å². The molecule has 7 heteroatoms. The van der Waals surface area contributed by atoms with Crippen LogP contribution >= 0.6 is 0 Å². The number of amides is 1. The highest BCUT2D eigenvalue weighted by Crippen LogP contribution is 2.24. The Hall–Kier alpha value is -4.36. The number of rotatable bonds is 8. The maximum absolute atomic E-state index is 13.3. The smallest absolute Gasteiger partial charge is 0.261 e. The number of carbonyl (C=O) groups is 1. The van der Waals surface area contributed by atoms with Crippen molar-refractivity contribution in [2.75, 3.05) is 4.72 Å². The number of fused-ring (bicyclic) bond motifs is 1. The summed E-state index contributed by atoms with van der Waals surface area (Å²) in [6, 6.07) is 33.2. The molecule has 1 heterocycles. The summed E-state index contributed by atoms with van der Waals surface area (Å²) < 4.78 is 30.3. The molecule has 0 aliphatic carbocycles. The molecule has 5 aromatic rings. The number of carbonyl (C=O) groups excluding carboxylic acids is 1. The van der Waals surface area contributed by atoms with Crippen LogP contribution in [0.25, 0.3) is 10.9 Å². The summed E-state index contributed by atoms with van der Waals surface area (Å²) in [6.45, 7) is 0.823. The number of hydrogen-bond acceptors (Lipinski definition) is 3. The van der Waals surface area contributed by atoms with Gasteiger partial charge in [0, 0.05) is 30.2 Å². The summed E-state index contributed by atoms with van der Waals surface area (Å²) in [6.07, 6.45) is 1.87. The van der Waals surface area contributed by atoms with Gasteiger partial charge >= 0.3 is 0 Å². The van der Waals surface area contributed by atoms with E-state index in [0.717, 1.165) is 16.5 Å². The first-order valence-corrected chi connectivity index (χ1v) is 13.1. The summed E-state index contributed by atoms with van der Waals surface area (Å²) in [5.41, 5.74) is 3.78. The molecular formula is C29H25N3O3S. The molecule has 0 spiro atoms. The van der Waals surface area contributed by atoms with Crippen molar-refractivity contribution in [2.45, 2.75) is 18.0 Å². The van der Waals surface area contributed by atoms with Crippen LogP contribution in [0.15, 0.2) is 120 Å². The lowest BCUT2D eigenvalue weighted by Crippen LogP contribution is -2.24. The molecule has 0 saturated carbocycles. The van der Waals surface area contributed by atoms with Gasteiger partial charge in [0.15, 0.2) is 0 Å². The fourth-order valence-corrected chi connectivity index (χ4v) is 5.31. The van der Waals surface area contributed by atoms with Gasteiger partial charge < -0.3 is 9.88 Å². The molecule has 0 unspecified atom stereocenters. The van der Waals surface area contributed by atoms with Crippen LogP contribution in [0.2, 0.25) is 0 Å². The predicted molar refractivity (Wildman–Crippen MR) is 142 cm³/mol. The lowest BCUT2D eigenvalue weighted by atomic mass is 10.1. The third-order valence-corrected chi connectivity index (χ3v) is 7.36. The summed E-state index contributed by atoms with van der Waals surface area (Å²) in [5, 5.41) is 3.83. The van der Waals surface area contributed by atoms with E-state index in [9.17, 15) is 13.2 Å². The molecule has 180 valence electrons. The Morgan fingerprint density at radius 2 is 1.39 bits per heavy atom. The third-order valence-electron chi connectivity index (χ3n) is 5.98. The Balaban J connectivity index is 1.36. The van der Waals surface area contributed by atoms with Gasteiger partial charge in [-0.2, -0.15) is 0 Å². The highest BCUT2D eigenvalue weighted by atomic mass is 32.2. The first kappa shape index (κ1) is 23.4. The molecular weight excluding hydrogens is 470 g/mol. The van der Waals surface area contributed by atoms with Gasteiger partial charge in [0.05, 0.1) is 16.1 Å². The lowest BCUT2D eigenvalue weighted by Gasteiger charge is -2.13. The maximum atomic E-state index is 13.3. The van der Waals surface area contributed by atoms with Gasteiger partial charge in [-0.05, 0) is 35.4 Å². The fourth-order valence-electron chi connectivity index (χ4n) is 4.19. The van der Waals surface area contributed by atoms with Crippen molar-refractivity contribution in [3.63, 3.8) is 0 Å². The molecule has 0 bridgehead atoms. The van der Waals surface area contributed by atoms with Crippen molar-refractivity contribution >= 4 is 32.5 Å². The number of para-hydroxylation sites is 2. The number of nitrogens with one attached hydrogen (secondary N) is 2. The Bertz CT molecular complexity index is 1610. The van der Waals surface area contributed by atoms with E-state index < -0.39 is 10.0 Å². The van der Waals surface area contributed by atoms with Gasteiger partial charge in [-0.25, -0.2) is 8.42 Å². The number of aromatic nitrogens is 1. The van der Waals surface area contributed by atoms with Crippen LogP contribution in [-0.2, 0) is 23.1 Å². The van der Waals surface area contributed by atoms with Crippen LogP contribution in [0, 0.1) is 0 Å². The van der Waals surface area contributed by atoms with Gasteiger partial charge in [-0.1, -0.05) is 84.9 Å². The summed E-state index contributed by atoms with van der Waals surface area (Å²) in [7, 11) is -3.75. The molecule has 36 heavy (non-hydrogen) atoms. The van der Waals surface area contributed by atoms with Crippen molar-refractivity contribution in [3.05, 3.63) is 132 Å². The largest absolute Gasteiger partial charge is 0.348 e. The van der Waals surface area contributed by atoms with Crippen molar-refractivity contribution < 1.29 is 13.2 Å². The molecule has 4 aromatic carbocycles. The van der Waals surface area contributed by atoms with E-state index in [4.69, 9.17) is 0 Å². The van der Waals surface area contributed by atoms with Crippen molar-refractivity contribution in [2.24, 2.45) is 0 Å². The number of sulfonamides is 1. The number of nitrogens with zero attached hydrogens (tertiary/aromatic N) is 1. The Kier molecular flexibility index (Phi) is 6.56. The van der Waals surface area contributed by atoms with Crippen LogP contribution in [0.5, 0.6) is 0 Å². The van der Waals surface area contributed by atoms with E-state index in [0.29, 0.717) is 23.4 Å². The van der Waals surface area contributed by atoms with E-state index in [1.54, 1.807) is 36.4 Å². The molecule has 0 fully saturated rings. The second-order valence-electron chi connectivity index (χ2n) is 8.43. The average molecular weight is 496 g/mol. The number of anilines is 1. The molecule has 0 aliphatic heterocycles. The molecule has 1 amide bonds. The monoisotopic (exact) mass is 495 g/mol. The highest BCUT2D eigenvalue weighted by Gasteiger charge is 2.18. The van der Waals surface area contributed by atoms with E-state index in [1.165, 1.54) is 12.1 Å². The minimum Gasteiger partial charge on any atom is -0.348 e. The summed E-state index contributed by atoms with van der Waals surface area (Å²) in [4.78, 5) is 13.4. The zero-order valence-electron chi connectivity index (χ0n) is 19.5. The van der Waals surface area contributed by atoms with Gasteiger partial charge in [0.2, 0.25) is 0 Å². The minimum absolute atomic E-state index is 0.171. The normalized spacial score (nSPS) is 11.3. The fraction of sp³-hybridized carbons (Fsp3) is 0.0690. The molecule has 2 N–H and O–H groups in total. The van der Waals surface area contributed by atoms with E-state index in [1.807, 2.05) is 54.7 Å². The quantitative estimate of drug-likeness (QED) is 0.302. The van der Waals surface area contributed by atoms with Crippen LogP contribution in [0.1, 0.15) is 21.5 Å². The topological polar surface area (TPSA) is 80.2 Å². The molecule has 0 radical (unpaired) electrons. The second-order valence-corrected chi connectivity index (χ2v) is 10.1. The Morgan fingerprint density at radius 1 is 0.750 bits per heavy atom. The van der Waals surface area contributed by atoms with Crippen LogP contribution in [0.3, 0.4) is 0 Å². The first-order valence-electron chi connectivity index (χ1n) is 11.6. The van der Waals surface area contributed by atoms with Crippen molar-refractivity contribution in [3.8, 4) is 0 Å². The van der Waals surface area contributed by atoms with Gasteiger partial charge in [0.1, 0.15) is 0 Å². The molecule has 0 saturated heterocycles. The Morgan fingerprint density at radius 3 is 2.17 bits per heavy atom. The van der Waals surface area contributed by atoms with E-state index in [-0.39, 0.29) is 17.3 Å². The van der Waals surface area contributed by atoms with E-state index in [2.05, 4.69) is 26.7 Å². The van der Waals surface area contributed by atoms with Gasteiger partial charge in [-0.15, -0.1) is 0 Å². The predicted octanol–water partition coefficient (Wildman–Crippen LogP) is 5.42. The highest BCUT2D eigenvalue weighted by molar-refractivity contribution is 7.92. The minimum atomic E-state index is -3.75. The summed E-state index contributed by atoms with van der Waals surface area (Å²) in [5.74, 6) is -0.223. The molecule has 1 aromatic heterocycles. The van der Waals surface area contributed by atoms with Crippen molar-refractivity contribution in [1.82, 2.24) is 9.88 Å². The molecule has 0 atom stereocenters. The van der Waals surface area contributed by atoms with Crippen LogP contribution < -0.4 is 10.0 Å². The molecule has 0 aliphatic rings. The van der Waals surface area contributed by atoms with Crippen LogP contribution in [-0.4, -0.2) is 18.9 Å². The van der Waals surface area contributed by atoms with Gasteiger partial charge in [-0.3, -0.25) is 9.52 Å². The zero-order valence-corrected chi connectivity index (χ0v) is 20.3. The standard InChI is InChI=1S/C29H25N3O3S/c33-29(26-21-32(20-22-11-3-1-4-12-22)28-18-10-8-16-25(26)28)30-19-23-13-7-9-17-27(23)31-36(34,35)24-14-5-2-6-15-24/h1-18,21,31H,19-20H2,(H,30,33). The number of hydrogen-bond donors (Lipinski definition) is 2. The third kappa shape index (κ3) is 5.01. The Labute approximate surface area is 210 Å². The lowest BCUT2D eigenvalue weighted by molar-refractivity contribution is 0.0952.